The lowest BCUT2D eigenvalue weighted by Gasteiger charge is -2.34. The molecule has 11 amide bonds. The van der Waals surface area contributed by atoms with Crippen molar-refractivity contribution >= 4 is 81.7 Å². The highest BCUT2D eigenvalue weighted by Crippen LogP contribution is 2.20. The molecule has 0 spiro atoms. The van der Waals surface area contributed by atoms with Crippen molar-refractivity contribution in [3.05, 3.63) is 48.0 Å². The van der Waals surface area contributed by atoms with Crippen LogP contribution in [0.15, 0.2) is 42.5 Å². The van der Waals surface area contributed by atoms with Crippen LogP contribution in [-0.2, 0) is 63.9 Å². The summed E-state index contributed by atoms with van der Waals surface area (Å²) >= 11 is 0. The van der Waals surface area contributed by atoms with E-state index in [0.717, 1.165) is 16.3 Å². The van der Waals surface area contributed by atoms with Crippen molar-refractivity contribution in [3.63, 3.8) is 0 Å². The second-order valence-electron chi connectivity index (χ2n) is 24.2. The average Bonchev–Trinajstić information content (AvgIpc) is 1.86. The van der Waals surface area contributed by atoms with Gasteiger partial charge in [0.25, 0.3) is 0 Å². The second kappa shape index (κ2) is 39.5. The van der Waals surface area contributed by atoms with Gasteiger partial charge in [0, 0.05) is 13.0 Å². The number of amides is 11. The number of benzene rings is 2. The van der Waals surface area contributed by atoms with Gasteiger partial charge < -0.3 is 95.3 Å². The largest absolute Gasteiger partial charge is 0.394 e. The van der Waals surface area contributed by atoms with Crippen molar-refractivity contribution in [1.82, 2.24) is 63.8 Å². The van der Waals surface area contributed by atoms with E-state index < -0.39 is 194 Å². The zero-order valence-corrected chi connectivity index (χ0v) is 55.4. The fraction of sp³-hybridized carbons (Fsp3) is 0.651. The van der Waals surface area contributed by atoms with Crippen molar-refractivity contribution in [3.8, 4) is 0 Å². The van der Waals surface area contributed by atoms with Gasteiger partial charge in [-0.1, -0.05) is 124 Å². The predicted octanol–water partition coefficient (Wildman–Crippen LogP) is -2.34. The minimum absolute atomic E-state index is 0.125. The lowest BCUT2D eigenvalue weighted by Crippen LogP contribution is -2.63. The summed E-state index contributed by atoms with van der Waals surface area (Å²) in [5.41, 5.74) is 11.7. The fourth-order valence-corrected chi connectivity index (χ4v) is 10.2. The highest BCUT2D eigenvalue weighted by Gasteiger charge is 2.41. The van der Waals surface area contributed by atoms with Crippen LogP contribution in [0, 0.1) is 29.1 Å². The van der Waals surface area contributed by atoms with Crippen molar-refractivity contribution in [2.24, 2.45) is 35.1 Å². The number of aliphatic hydroxyl groups is 3. The topological polar surface area (TPSA) is 478 Å². The van der Waals surface area contributed by atoms with E-state index in [1.807, 2.05) is 42.5 Å². The molecule has 1 aliphatic heterocycles. The molecule has 1 unspecified atom stereocenters. The smallest absolute Gasteiger partial charge is 0.245 e. The maximum atomic E-state index is 14.5. The van der Waals surface area contributed by atoms with Gasteiger partial charge in [-0.3, -0.25) is 58.1 Å². The molecule has 30 heteroatoms. The zero-order valence-electron chi connectivity index (χ0n) is 55.4. The summed E-state index contributed by atoms with van der Waals surface area (Å²) in [6.07, 6.45) is -1.41. The van der Waals surface area contributed by atoms with Crippen LogP contribution in [-0.4, -0.2) is 192 Å². The maximum Gasteiger partial charge on any atom is 0.245 e. The third-order valence-electron chi connectivity index (χ3n) is 17.1. The van der Waals surface area contributed by atoms with Gasteiger partial charge in [-0.15, -0.1) is 0 Å². The predicted molar refractivity (Wildman–Crippen MR) is 346 cm³/mol. The molecule has 30 nitrogen and oxygen atoms in total. The van der Waals surface area contributed by atoms with Gasteiger partial charge in [0.15, 0.2) is 12.2 Å². The number of fused-ring (bicyclic) bond motifs is 1. The molecule has 3 rings (SSSR count). The summed E-state index contributed by atoms with van der Waals surface area (Å²) in [7, 11) is 1.61. The highest BCUT2D eigenvalue weighted by atomic mass is 16.6. The van der Waals surface area contributed by atoms with Crippen LogP contribution in [0.25, 0.3) is 10.8 Å². The molecule has 2 aromatic carbocycles. The van der Waals surface area contributed by atoms with Gasteiger partial charge in [-0.05, 0) is 93.0 Å². The Morgan fingerprint density at radius 3 is 1.63 bits per heavy atom. The Balaban J connectivity index is 1.84. The number of carbonyl (C=O) groups is 11. The summed E-state index contributed by atoms with van der Waals surface area (Å²) in [6.45, 7) is 14.7. The van der Waals surface area contributed by atoms with E-state index in [2.05, 4.69) is 63.8 Å². The molecule has 520 valence electrons. The Labute approximate surface area is 544 Å². The molecule has 1 fully saturated rings. The van der Waals surface area contributed by atoms with Gasteiger partial charge >= 0.3 is 0 Å². The Morgan fingerprint density at radius 1 is 0.613 bits per heavy atom. The second-order valence-corrected chi connectivity index (χ2v) is 24.2. The number of guanidine groups is 1. The van der Waals surface area contributed by atoms with E-state index in [1.54, 1.807) is 62.4 Å². The van der Waals surface area contributed by atoms with Crippen LogP contribution in [0.1, 0.15) is 133 Å². The van der Waals surface area contributed by atoms with Crippen molar-refractivity contribution < 1.29 is 72.8 Å². The number of aliphatic hydroxyl groups excluding tert-OH is 3. The van der Waals surface area contributed by atoms with Crippen molar-refractivity contribution in [2.75, 3.05) is 26.8 Å². The minimum atomic E-state index is -1.81. The highest BCUT2D eigenvalue weighted by molar-refractivity contribution is 5.99. The van der Waals surface area contributed by atoms with E-state index in [4.69, 9.17) is 21.6 Å². The molecule has 2 aromatic rings. The number of primary amides is 1. The number of likely N-dealkylation sites (N-methyl/N-ethyl adjacent to an activating group) is 1. The standard InChI is InChI=1S/C63H103N15O15/c1-12-32(5)47(75-55(85)43(67-11)29-38-23-24-39-20-16-17-21-40(39)28-38)58(88)72-44(30-79)56(86)71-42(25-26-46(64)81)54(84)74-49(34(7)14-3)60(90)76-48(33(6)13-2)59(89)73-45(31-80)57(87)78-51-37(10)93-62(92)50(35(8)15-4)77-53(83)41(22-18-19-27-68-63(65)66)70-52(82)36(9)69-61(51)91/h16-17,20-21,23-24,28,32-37,41-45,47-51,62,67,79-80,92H,12-15,18-19,22,25-27,29-31H2,1-11H3,(H2,64,81)(H,69,91)(H,70,82)(H,71,86)(H,72,88)(H,73,89)(H,74,84)(H,75,85)(H,76,90)(H,77,83)(H,78,87)(H4,65,66,68)/t32-,33-,34-,35-,36-,37-,41-,42+,43+,44-,45-,47-,48-,49+,50-,51+,62?/m0/s1. The third-order valence-corrected chi connectivity index (χ3v) is 17.1. The lowest BCUT2D eigenvalue weighted by atomic mass is 9.94. The van der Waals surface area contributed by atoms with Crippen LogP contribution < -0.4 is 75.3 Å². The summed E-state index contributed by atoms with van der Waals surface area (Å²) < 4.78 is 5.92. The summed E-state index contributed by atoms with van der Waals surface area (Å²) in [6, 6.07) is -1.64. The number of nitrogens with two attached hydrogens (primary N) is 2. The van der Waals surface area contributed by atoms with Gasteiger partial charge in [-0.2, -0.15) is 0 Å². The van der Waals surface area contributed by atoms with Crippen molar-refractivity contribution in [1.29, 1.82) is 5.41 Å². The number of carbonyl (C=O) groups excluding carboxylic acids is 11. The van der Waals surface area contributed by atoms with Crippen LogP contribution in [0.3, 0.4) is 0 Å². The third kappa shape index (κ3) is 24.7. The van der Waals surface area contributed by atoms with Gasteiger partial charge in [0.1, 0.15) is 54.4 Å². The van der Waals surface area contributed by atoms with Gasteiger partial charge in [0.2, 0.25) is 65.0 Å². The van der Waals surface area contributed by atoms with E-state index in [-0.39, 0.29) is 31.6 Å². The molecule has 1 saturated heterocycles. The number of unbranched alkanes of at least 4 members (excludes halogenated alkanes) is 1. The average molecular weight is 1310 g/mol. The minimum Gasteiger partial charge on any atom is -0.394 e. The lowest BCUT2D eigenvalue weighted by molar-refractivity contribution is -0.171. The summed E-state index contributed by atoms with van der Waals surface area (Å²) in [5, 5.41) is 73.4. The van der Waals surface area contributed by atoms with Crippen LogP contribution in [0.4, 0.5) is 0 Å². The molecular formula is C63H103N15O15. The number of hydrogen-bond acceptors (Lipinski definition) is 17. The number of rotatable bonds is 35. The van der Waals surface area contributed by atoms with Crippen LogP contribution in [0.5, 0.6) is 0 Å². The molecule has 93 heavy (non-hydrogen) atoms. The number of nitrogens with one attached hydrogen (secondary N) is 13. The van der Waals surface area contributed by atoms with Crippen LogP contribution in [0.2, 0.25) is 0 Å². The fourth-order valence-electron chi connectivity index (χ4n) is 10.2. The van der Waals surface area contributed by atoms with E-state index in [0.29, 0.717) is 32.2 Å². The first-order chi connectivity index (χ1) is 44.0. The Bertz CT molecular complexity index is 2870. The van der Waals surface area contributed by atoms with Gasteiger partial charge in [-0.25, -0.2) is 0 Å². The molecule has 0 aromatic heterocycles. The van der Waals surface area contributed by atoms with Gasteiger partial charge in [0.05, 0.1) is 31.4 Å². The number of hydrogen-bond donors (Lipinski definition) is 18. The first-order valence-electron chi connectivity index (χ1n) is 32.1. The number of ether oxygens (including phenoxy) is 1. The Kier molecular flexibility index (Phi) is 33.6. The monoisotopic (exact) mass is 1310 g/mol. The summed E-state index contributed by atoms with van der Waals surface area (Å²) in [5.74, 6) is -12.2. The quantitative estimate of drug-likeness (QED) is 0.0195. The molecule has 0 radical (unpaired) electrons. The Morgan fingerprint density at radius 2 is 1.12 bits per heavy atom. The summed E-state index contributed by atoms with van der Waals surface area (Å²) in [4.78, 5) is 153. The molecule has 1 heterocycles. The van der Waals surface area contributed by atoms with E-state index in [1.165, 1.54) is 13.8 Å². The molecular weight excluding hydrogens is 1210 g/mol. The molecule has 0 bridgehead atoms. The maximum absolute atomic E-state index is 14.5. The zero-order chi connectivity index (χ0) is 69.8. The normalized spacial score (nSPS) is 21.5. The van der Waals surface area contributed by atoms with E-state index in [9.17, 15) is 68.1 Å². The molecule has 0 aliphatic carbocycles. The van der Waals surface area contributed by atoms with E-state index >= 15 is 0 Å². The molecule has 20 N–H and O–H groups in total. The van der Waals surface area contributed by atoms with Crippen LogP contribution >= 0.6 is 0 Å². The molecule has 0 saturated carbocycles. The van der Waals surface area contributed by atoms with Crippen molar-refractivity contribution in [2.45, 2.75) is 212 Å². The molecule has 1 aliphatic rings. The SMILES string of the molecule is CC[C@H](C)[C@H](NC(=O)[C@@H](Cc1ccc2ccccc2c1)NC)C(=O)N[C@@H](CO)C(=O)N[C@H](CCC(N)=O)C(=O)N[C@@H](C(=O)N[C@H](C(=O)N[C@@H](CO)C(=O)N[C@H]1C(=O)N[C@@H](C)C(=O)N[C@@H](CCCCNC(=N)N)C(=O)N[C@@H]([C@@H](C)CC)C(O)O[C@H]1C)[C@@H](C)CC)[C@@H](C)CC. The molecule has 17 atom stereocenters. The first kappa shape index (κ1) is 79.2. The first-order valence-corrected chi connectivity index (χ1v) is 32.1. The Hall–Kier alpha value is -8.06.